The van der Waals surface area contributed by atoms with Crippen molar-refractivity contribution >= 4 is 28.1 Å². The average molecular weight is 363 g/mol. The number of fused-ring (bicyclic) bond motifs is 1. The topological polar surface area (TPSA) is 28.7 Å². The number of hydrogen-bond donors (Lipinski definition) is 1. The first-order chi connectivity index (χ1) is 10.1. The smallest absolute Gasteiger partial charge is 0.139 e. The van der Waals surface area contributed by atoms with Gasteiger partial charge in [0.15, 0.2) is 0 Å². The molecule has 1 aliphatic rings. The van der Waals surface area contributed by atoms with Gasteiger partial charge in [-0.15, -0.1) is 0 Å². The normalized spacial score (nSPS) is 14.6. The lowest BCUT2D eigenvalue weighted by Crippen LogP contribution is -2.02. The Morgan fingerprint density at radius 2 is 1.76 bits per heavy atom. The predicted molar refractivity (Wildman–Crippen MR) is 93.3 cm³/mol. The van der Waals surface area contributed by atoms with Crippen LogP contribution in [0.3, 0.4) is 0 Å². The van der Waals surface area contributed by atoms with E-state index in [2.05, 4.69) is 51.9 Å². The number of aromatic nitrogens is 2. The number of benzene rings is 1. The van der Waals surface area contributed by atoms with Crippen LogP contribution in [-0.2, 0) is 12.8 Å². The van der Waals surface area contributed by atoms with Gasteiger partial charge < -0.3 is 4.98 Å². The molecule has 0 saturated heterocycles. The highest BCUT2D eigenvalue weighted by Gasteiger charge is 2.14. The molecule has 0 radical (unpaired) electrons. The van der Waals surface area contributed by atoms with Crippen LogP contribution in [0.5, 0.6) is 0 Å². The van der Waals surface area contributed by atoms with E-state index < -0.39 is 0 Å². The molecule has 0 atom stereocenters. The van der Waals surface area contributed by atoms with Crippen molar-refractivity contribution in [1.82, 2.24) is 9.97 Å². The van der Waals surface area contributed by atoms with Crippen LogP contribution in [0.1, 0.15) is 41.6 Å². The fourth-order valence-electron chi connectivity index (χ4n) is 3.02. The lowest BCUT2D eigenvalue weighted by Gasteiger charge is -2.11. The molecule has 2 nitrogen and oxygen atoms in total. The van der Waals surface area contributed by atoms with E-state index in [1.54, 1.807) is 0 Å². The first-order valence-corrected chi connectivity index (χ1v) is 8.65. The molecule has 21 heavy (non-hydrogen) atoms. The zero-order chi connectivity index (χ0) is 15.0. The van der Waals surface area contributed by atoms with Gasteiger partial charge in [0.05, 0.1) is 0 Å². The van der Waals surface area contributed by atoms with Gasteiger partial charge in [-0.2, -0.15) is 0 Å². The van der Waals surface area contributed by atoms with Crippen LogP contribution < -0.4 is 0 Å². The number of rotatable bonds is 1. The summed E-state index contributed by atoms with van der Waals surface area (Å²) in [4.78, 5) is 8.20. The molecule has 1 aromatic carbocycles. The molecule has 4 heteroatoms. The number of aryl methyl sites for hydroxylation is 3. The fourth-order valence-corrected chi connectivity index (χ4v) is 3.56. The Balaban J connectivity index is 2.14. The zero-order valence-electron chi connectivity index (χ0n) is 12.4. The van der Waals surface area contributed by atoms with Gasteiger partial charge in [-0.05, 0) is 62.8 Å². The van der Waals surface area contributed by atoms with E-state index >= 15 is 0 Å². The van der Waals surface area contributed by atoms with Crippen molar-refractivity contribution in [3.63, 3.8) is 0 Å². The van der Waals surface area contributed by atoms with Crippen molar-refractivity contribution < 1.29 is 0 Å². The molecule has 0 saturated carbocycles. The molecule has 0 amide bonds. The number of H-pyrrole nitrogens is 1. The standard InChI is InChI=1S/C17H19BrN2S/c1-10-8-12(9-11(2)15(10)18)16-19-14-7-5-3-4-6-13(14)17(21)20-16/h8-9H,3-7H2,1-2H3,(H,19,20,21). The Labute approximate surface area is 139 Å². The molecule has 1 heterocycles. The van der Waals surface area contributed by atoms with Gasteiger partial charge in [-0.1, -0.05) is 34.6 Å². The summed E-state index contributed by atoms with van der Waals surface area (Å²) in [6.45, 7) is 4.22. The lowest BCUT2D eigenvalue weighted by molar-refractivity contribution is 0.708. The van der Waals surface area contributed by atoms with Crippen LogP contribution in [0.2, 0.25) is 0 Å². The van der Waals surface area contributed by atoms with E-state index in [-0.39, 0.29) is 0 Å². The third kappa shape index (κ3) is 2.97. The van der Waals surface area contributed by atoms with Crippen LogP contribution in [0.4, 0.5) is 0 Å². The van der Waals surface area contributed by atoms with Gasteiger partial charge in [0, 0.05) is 21.3 Å². The largest absolute Gasteiger partial charge is 0.343 e. The average Bonchev–Trinajstić information content (AvgIpc) is 2.69. The van der Waals surface area contributed by atoms with Gasteiger partial charge in [0.1, 0.15) is 10.5 Å². The molecular formula is C17H19BrN2S. The molecule has 1 aromatic heterocycles. The summed E-state index contributed by atoms with van der Waals surface area (Å²) < 4.78 is 1.94. The zero-order valence-corrected chi connectivity index (χ0v) is 14.8. The first kappa shape index (κ1) is 14.9. The minimum atomic E-state index is 0.777. The number of aromatic amines is 1. The fraction of sp³-hybridized carbons (Fsp3) is 0.412. The first-order valence-electron chi connectivity index (χ1n) is 7.45. The van der Waals surface area contributed by atoms with Crippen LogP contribution >= 0.6 is 28.1 Å². The molecule has 0 spiro atoms. The number of hydrogen-bond acceptors (Lipinski definition) is 2. The van der Waals surface area contributed by atoms with Crippen molar-refractivity contribution in [3.05, 3.63) is 43.6 Å². The Bertz CT molecular complexity index is 726. The minimum Gasteiger partial charge on any atom is -0.343 e. The van der Waals surface area contributed by atoms with E-state index in [0.29, 0.717) is 0 Å². The molecular weight excluding hydrogens is 344 g/mol. The van der Waals surface area contributed by atoms with Crippen LogP contribution in [-0.4, -0.2) is 9.97 Å². The molecule has 0 fully saturated rings. The molecule has 0 unspecified atom stereocenters. The third-order valence-electron chi connectivity index (χ3n) is 4.17. The Kier molecular flexibility index (Phi) is 4.27. The van der Waals surface area contributed by atoms with Gasteiger partial charge in [0.25, 0.3) is 0 Å². The molecule has 110 valence electrons. The second-order valence-corrected chi connectivity index (χ2v) is 7.01. The van der Waals surface area contributed by atoms with Crippen LogP contribution in [0, 0.1) is 18.5 Å². The molecule has 1 aliphatic carbocycles. The molecule has 0 bridgehead atoms. The maximum absolute atomic E-state index is 5.54. The van der Waals surface area contributed by atoms with Crippen molar-refractivity contribution in [2.45, 2.75) is 46.0 Å². The highest BCUT2D eigenvalue weighted by atomic mass is 79.9. The predicted octanol–water partition coefficient (Wildman–Crippen LogP) is 5.45. The minimum absolute atomic E-state index is 0.777. The second-order valence-electron chi connectivity index (χ2n) is 5.83. The highest BCUT2D eigenvalue weighted by molar-refractivity contribution is 9.10. The van der Waals surface area contributed by atoms with Crippen molar-refractivity contribution in [3.8, 4) is 11.4 Å². The Morgan fingerprint density at radius 1 is 1.10 bits per heavy atom. The molecule has 0 aliphatic heterocycles. The summed E-state index contributed by atoms with van der Waals surface area (Å²) in [6.07, 6.45) is 5.89. The van der Waals surface area contributed by atoms with Gasteiger partial charge >= 0.3 is 0 Å². The maximum atomic E-state index is 5.54. The van der Waals surface area contributed by atoms with E-state index in [4.69, 9.17) is 12.2 Å². The second kappa shape index (κ2) is 6.01. The van der Waals surface area contributed by atoms with Gasteiger partial charge in [0.2, 0.25) is 0 Å². The molecule has 2 aromatic rings. The van der Waals surface area contributed by atoms with E-state index in [1.165, 1.54) is 46.1 Å². The molecule has 3 rings (SSSR count). The van der Waals surface area contributed by atoms with Crippen LogP contribution in [0.15, 0.2) is 16.6 Å². The van der Waals surface area contributed by atoms with Crippen molar-refractivity contribution in [2.24, 2.45) is 0 Å². The van der Waals surface area contributed by atoms with E-state index in [9.17, 15) is 0 Å². The number of nitrogens with zero attached hydrogens (tertiary/aromatic N) is 1. The maximum Gasteiger partial charge on any atom is 0.139 e. The summed E-state index contributed by atoms with van der Waals surface area (Å²) >= 11 is 9.16. The van der Waals surface area contributed by atoms with E-state index in [1.807, 2.05) is 0 Å². The number of nitrogens with one attached hydrogen (secondary N) is 1. The molecule has 1 N–H and O–H groups in total. The van der Waals surface area contributed by atoms with Crippen molar-refractivity contribution in [2.75, 3.05) is 0 Å². The van der Waals surface area contributed by atoms with Gasteiger partial charge in [-0.3, -0.25) is 0 Å². The summed E-state index contributed by atoms with van der Waals surface area (Å²) in [6, 6.07) is 4.32. The Hall–Kier alpha value is -1.00. The lowest BCUT2D eigenvalue weighted by atomic mass is 10.1. The Morgan fingerprint density at radius 3 is 2.48 bits per heavy atom. The van der Waals surface area contributed by atoms with Crippen LogP contribution in [0.25, 0.3) is 11.4 Å². The quantitative estimate of drug-likeness (QED) is 0.539. The highest BCUT2D eigenvalue weighted by Crippen LogP contribution is 2.28. The number of halogens is 1. The van der Waals surface area contributed by atoms with E-state index in [0.717, 1.165) is 28.9 Å². The SMILES string of the molecule is Cc1cc(-c2nc(=S)c3c([nH]2)CCCCC3)cc(C)c1Br. The summed E-state index contributed by atoms with van der Waals surface area (Å²) in [5, 5.41) is 0. The summed E-state index contributed by atoms with van der Waals surface area (Å²) in [5.74, 6) is 0.902. The van der Waals surface area contributed by atoms with Gasteiger partial charge in [-0.25, -0.2) is 4.98 Å². The monoisotopic (exact) mass is 362 g/mol. The van der Waals surface area contributed by atoms with Crippen molar-refractivity contribution in [1.29, 1.82) is 0 Å². The third-order valence-corrected chi connectivity index (χ3v) is 5.76. The summed E-state index contributed by atoms with van der Waals surface area (Å²) in [5.41, 5.74) is 6.12. The summed E-state index contributed by atoms with van der Waals surface area (Å²) in [7, 11) is 0.